The third kappa shape index (κ3) is 1.80. The molecule has 0 aromatic rings. The van der Waals surface area contributed by atoms with E-state index in [1.54, 1.807) is 0 Å². The van der Waals surface area contributed by atoms with Gasteiger partial charge in [0, 0.05) is 19.1 Å². The van der Waals surface area contributed by atoms with E-state index in [9.17, 15) is 0 Å². The van der Waals surface area contributed by atoms with E-state index in [1.165, 1.54) is 45.3 Å². The molecule has 0 radical (unpaired) electrons. The predicted molar refractivity (Wildman–Crippen MR) is 51.2 cm³/mol. The second kappa shape index (κ2) is 3.75. The molecular formula is C10H20N2. The molecule has 0 amide bonds. The highest BCUT2D eigenvalue weighted by molar-refractivity contribution is 4.81. The minimum atomic E-state index is 0.825. The summed E-state index contributed by atoms with van der Waals surface area (Å²) in [7, 11) is 2.29. The van der Waals surface area contributed by atoms with E-state index in [1.807, 2.05) is 0 Å². The summed E-state index contributed by atoms with van der Waals surface area (Å²) in [4.78, 5) is 2.56. The second-order valence-electron chi connectivity index (χ2n) is 4.38. The van der Waals surface area contributed by atoms with E-state index in [2.05, 4.69) is 17.3 Å². The van der Waals surface area contributed by atoms with Crippen LogP contribution in [0.25, 0.3) is 0 Å². The van der Waals surface area contributed by atoms with Crippen molar-refractivity contribution in [3.8, 4) is 0 Å². The van der Waals surface area contributed by atoms with Crippen LogP contribution < -0.4 is 5.32 Å². The fraction of sp³-hybridized carbons (Fsp3) is 1.00. The van der Waals surface area contributed by atoms with Gasteiger partial charge in [-0.3, -0.25) is 0 Å². The Kier molecular flexibility index (Phi) is 2.66. The van der Waals surface area contributed by atoms with Crippen LogP contribution in [0.4, 0.5) is 0 Å². The van der Waals surface area contributed by atoms with Crippen LogP contribution in [-0.2, 0) is 0 Å². The van der Waals surface area contributed by atoms with Gasteiger partial charge in [0.15, 0.2) is 0 Å². The first kappa shape index (κ1) is 8.52. The molecule has 2 aliphatic rings. The van der Waals surface area contributed by atoms with Crippen LogP contribution in [0.2, 0.25) is 0 Å². The molecule has 70 valence electrons. The minimum absolute atomic E-state index is 0.825. The molecule has 0 aromatic carbocycles. The van der Waals surface area contributed by atoms with E-state index in [0.29, 0.717) is 0 Å². The van der Waals surface area contributed by atoms with Crippen molar-refractivity contribution >= 4 is 0 Å². The first-order chi connectivity index (χ1) is 5.86. The molecule has 2 nitrogen and oxygen atoms in total. The van der Waals surface area contributed by atoms with Gasteiger partial charge >= 0.3 is 0 Å². The van der Waals surface area contributed by atoms with Gasteiger partial charge in [0.25, 0.3) is 0 Å². The van der Waals surface area contributed by atoms with Crippen molar-refractivity contribution in [1.29, 1.82) is 0 Å². The van der Waals surface area contributed by atoms with Crippen molar-refractivity contribution < 1.29 is 0 Å². The van der Waals surface area contributed by atoms with Crippen molar-refractivity contribution in [1.82, 2.24) is 10.2 Å². The molecule has 1 saturated heterocycles. The quantitative estimate of drug-likeness (QED) is 0.678. The lowest BCUT2D eigenvalue weighted by Gasteiger charge is -2.33. The van der Waals surface area contributed by atoms with Crippen LogP contribution in [-0.4, -0.2) is 37.6 Å². The van der Waals surface area contributed by atoms with Gasteiger partial charge in [-0.25, -0.2) is 0 Å². The van der Waals surface area contributed by atoms with Gasteiger partial charge in [-0.05, 0) is 38.8 Å². The molecular weight excluding hydrogens is 148 g/mol. The molecule has 2 fully saturated rings. The molecule has 1 unspecified atom stereocenters. The Balaban J connectivity index is 1.71. The molecule has 2 rings (SSSR count). The average Bonchev–Trinajstić information content (AvgIpc) is 2.47. The first-order valence-corrected chi connectivity index (χ1v) is 5.27. The Morgan fingerprint density at radius 2 is 2.17 bits per heavy atom. The Labute approximate surface area is 75.3 Å². The summed E-state index contributed by atoms with van der Waals surface area (Å²) in [6.07, 6.45) is 5.78. The fourth-order valence-electron chi connectivity index (χ4n) is 2.25. The zero-order valence-corrected chi connectivity index (χ0v) is 8.05. The summed E-state index contributed by atoms with van der Waals surface area (Å²) in [5.41, 5.74) is 0. The number of hydrogen-bond acceptors (Lipinski definition) is 2. The van der Waals surface area contributed by atoms with Crippen molar-refractivity contribution in [2.75, 3.05) is 26.7 Å². The lowest BCUT2D eigenvalue weighted by Crippen LogP contribution is -2.38. The molecule has 1 aliphatic heterocycles. The highest BCUT2D eigenvalue weighted by Gasteiger charge is 2.24. The summed E-state index contributed by atoms with van der Waals surface area (Å²) >= 11 is 0. The Morgan fingerprint density at radius 3 is 2.67 bits per heavy atom. The highest BCUT2D eigenvalue weighted by Crippen LogP contribution is 2.27. The number of nitrogens with one attached hydrogen (secondary N) is 1. The topological polar surface area (TPSA) is 15.3 Å². The van der Waals surface area contributed by atoms with Crippen LogP contribution in [0.1, 0.15) is 25.7 Å². The molecule has 0 bridgehead atoms. The Morgan fingerprint density at radius 1 is 1.33 bits per heavy atom. The van der Waals surface area contributed by atoms with Gasteiger partial charge in [0.1, 0.15) is 0 Å². The smallest absolute Gasteiger partial charge is 0.0229 e. The monoisotopic (exact) mass is 168 g/mol. The summed E-state index contributed by atoms with van der Waals surface area (Å²) < 4.78 is 0. The number of nitrogens with zero attached hydrogens (tertiary/aromatic N) is 1. The third-order valence-corrected chi connectivity index (χ3v) is 3.43. The number of likely N-dealkylation sites (N-methyl/N-ethyl adjacent to an activating group) is 1. The van der Waals surface area contributed by atoms with Crippen molar-refractivity contribution in [3.05, 3.63) is 0 Å². The summed E-state index contributed by atoms with van der Waals surface area (Å²) in [6.45, 7) is 3.77. The molecule has 0 spiro atoms. The maximum atomic E-state index is 3.42. The third-order valence-electron chi connectivity index (χ3n) is 3.43. The van der Waals surface area contributed by atoms with Gasteiger partial charge in [0.05, 0.1) is 0 Å². The first-order valence-electron chi connectivity index (χ1n) is 5.27. The SMILES string of the molecule is CN(CC1CCC1)C1CCNC1. The summed E-state index contributed by atoms with van der Waals surface area (Å²) in [6, 6.07) is 0.825. The lowest BCUT2D eigenvalue weighted by molar-refractivity contribution is 0.169. The minimum Gasteiger partial charge on any atom is -0.315 e. The van der Waals surface area contributed by atoms with E-state index in [4.69, 9.17) is 0 Å². The lowest BCUT2D eigenvalue weighted by atomic mass is 9.85. The van der Waals surface area contributed by atoms with Gasteiger partial charge < -0.3 is 10.2 Å². The zero-order valence-electron chi connectivity index (χ0n) is 8.05. The average molecular weight is 168 g/mol. The van der Waals surface area contributed by atoms with Gasteiger partial charge in [-0.2, -0.15) is 0 Å². The Hall–Kier alpha value is -0.0800. The fourth-order valence-corrected chi connectivity index (χ4v) is 2.25. The van der Waals surface area contributed by atoms with Crippen molar-refractivity contribution in [2.45, 2.75) is 31.7 Å². The molecule has 1 heterocycles. The maximum absolute atomic E-state index is 3.42. The molecule has 1 aliphatic carbocycles. The molecule has 1 atom stereocenters. The van der Waals surface area contributed by atoms with Crippen LogP contribution in [0, 0.1) is 5.92 Å². The highest BCUT2D eigenvalue weighted by atomic mass is 15.2. The van der Waals surface area contributed by atoms with Crippen LogP contribution in [0.15, 0.2) is 0 Å². The Bertz CT molecular complexity index is 137. The standard InChI is InChI=1S/C10H20N2/c1-12(8-9-3-2-4-9)10-5-6-11-7-10/h9-11H,2-8H2,1H3. The van der Waals surface area contributed by atoms with Crippen LogP contribution >= 0.6 is 0 Å². The number of rotatable bonds is 3. The van der Waals surface area contributed by atoms with E-state index >= 15 is 0 Å². The molecule has 2 heteroatoms. The largest absolute Gasteiger partial charge is 0.315 e. The van der Waals surface area contributed by atoms with E-state index in [0.717, 1.165) is 12.0 Å². The number of hydrogen-bond donors (Lipinski definition) is 1. The summed E-state index contributed by atoms with van der Waals surface area (Å²) in [5.74, 6) is 1.02. The van der Waals surface area contributed by atoms with Crippen molar-refractivity contribution in [2.24, 2.45) is 5.92 Å². The second-order valence-corrected chi connectivity index (χ2v) is 4.38. The van der Waals surface area contributed by atoms with Crippen molar-refractivity contribution in [3.63, 3.8) is 0 Å². The molecule has 0 aromatic heterocycles. The van der Waals surface area contributed by atoms with Gasteiger partial charge in [-0.15, -0.1) is 0 Å². The van der Waals surface area contributed by atoms with E-state index < -0.39 is 0 Å². The normalized spacial score (nSPS) is 31.0. The van der Waals surface area contributed by atoms with Gasteiger partial charge in [0.2, 0.25) is 0 Å². The van der Waals surface area contributed by atoms with Crippen LogP contribution in [0.3, 0.4) is 0 Å². The van der Waals surface area contributed by atoms with E-state index in [-0.39, 0.29) is 0 Å². The van der Waals surface area contributed by atoms with Crippen LogP contribution in [0.5, 0.6) is 0 Å². The molecule has 12 heavy (non-hydrogen) atoms. The predicted octanol–water partition coefficient (Wildman–Crippen LogP) is 1.08. The molecule has 1 N–H and O–H groups in total. The molecule has 1 saturated carbocycles. The van der Waals surface area contributed by atoms with Gasteiger partial charge in [-0.1, -0.05) is 6.42 Å². The summed E-state index contributed by atoms with van der Waals surface area (Å²) in [5, 5.41) is 3.42. The zero-order chi connectivity index (χ0) is 8.39. The maximum Gasteiger partial charge on any atom is 0.0229 e.